The third kappa shape index (κ3) is 1.83. The van der Waals surface area contributed by atoms with E-state index in [9.17, 15) is 0 Å². The fraction of sp³-hybridized carbons (Fsp3) is 0. The van der Waals surface area contributed by atoms with Crippen molar-refractivity contribution in [1.82, 2.24) is 30.2 Å². The number of hydrogen-bond donors (Lipinski definition) is 2. The molecule has 3 heterocycles. The second kappa shape index (κ2) is 4.41. The van der Waals surface area contributed by atoms with Gasteiger partial charge in [-0.3, -0.25) is 5.10 Å². The molecule has 4 aromatic rings. The van der Waals surface area contributed by atoms with Gasteiger partial charge in [0, 0.05) is 23.3 Å². The average molecular weight is 277 g/mol. The molecule has 21 heavy (non-hydrogen) atoms. The maximum absolute atomic E-state index is 5.58. The van der Waals surface area contributed by atoms with E-state index in [2.05, 4.69) is 25.5 Å². The first-order chi connectivity index (χ1) is 10.3. The van der Waals surface area contributed by atoms with E-state index in [1.54, 1.807) is 23.1 Å². The number of fused-ring (bicyclic) bond motifs is 1. The highest BCUT2D eigenvalue weighted by atomic mass is 15.3. The van der Waals surface area contributed by atoms with Gasteiger partial charge in [0.1, 0.15) is 5.82 Å². The SMILES string of the molecule is Nc1ccc(-c2ccc(-n3cccn3)c3cn[nH]c23)nn1. The Bertz CT molecular complexity index is 891. The van der Waals surface area contributed by atoms with E-state index in [4.69, 9.17) is 5.73 Å². The monoisotopic (exact) mass is 277 g/mol. The van der Waals surface area contributed by atoms with Crippen LogP contribution in [0.1, 0.15) is 0 Å². The maximum atomic E-state index is 5.58. The fourth-order valence-corrected chi connectivity index (χ4v) is 2.33. The van der Waals surface area contributed by atoms with Crippen LogP contribution in [0.25, 0.3) is 27.8 Å². The predicted octanol–water partition coefficient (Wildman–Crippen LogP) is 1.79. The molecule has 0 atom stereocenters. The summed E-state index contributed by atoms with van der Waals surface area (Å²) in [5.41, 5.74) is 9.09. The molecular weight excluding hydrogens is 266 g/mol. The molecule has 0 fully saturated rings. The molecule has 7 nitrogen and oxygen atoms in total. The predicted molar refractivity (Wildman–Crippen MR) is 78.7 cm³/mol. The van der Waals surface area contributed by atoms with E-state index in [1.165, 1.54) is 0 Å². The van der Waals surface area contributed by atoms with Crippen LogP contribution in [0, 0.1) is 0 Å². The highest BCUT2D eigenvalue weighted by Crippen LogP contribution is 2.29. The van der Waals surface area contributed by atoms with Crippen LogP contribution in [0.3, 0.4) is 0 Å². The molecule has 0 spiro atoms. The molecule has 3 N–H and O–H groups in total. The van der Waals surface area contributed by atoms with Crippen LogP contribution in [0.15, 0.2) is 48.9 Å². The number of nitrogens with two attached hydrogens (primary N) is 1. The van der Waals surface area contributed by atoms with Crippen LogP contribution >= 0.6 is 0 Å². The van der Waals surface area contributed by atoms with Crippen LogP contribution in [0.4, 0.5) is 5.82 Å². The first-order valence-electron chi connectivity index (χ1n) is 6.38. The normalized spacial score (nSPS) is 11.0. The quantitative estimate of drug-likeness (QED) is 0.582. The van der Waals surface area contributed by atoms with E-state index >= 15 is 0 Å². The molecule has 7 heteroatoms. The summed E-state index contributed by atoms with van der Waals surface area (Å²) < 4.78 is 1.80. The number of rotatable bonds is 2. The number of hydrogen-bond acceptors (Lipinski definition) is 5. The summed E-state index contributed by atoms with van der Waals surface area (Å²) in [6, 6.07) is 9.40. The highest BCUT2D eigenvalue weighted by molar-refractivity contribution is 5.97. The number of anilines is 1. The Kier molecular flexibility index (Phi) is 2.43. The first-order valence-corrected chi connectivity index (χ1v) is 6.38. The Morgan fingerprint density at radius 3 is 2.81 bits per heavy atom. The van der Waals surface area contributed by atoms with Crippen molar-refractivity contribution in [1.29, 1.82) is 0 Å². The molecule has 102 valence electrons. The minimum atomic E-state index is 0.396. The minimum Gasteiger partial charge on any atom is -0.382 e. The molecule has 4 rings (SSSR count). The van der Waals surface area contributed by atoms with E-state index in [0.717, 1.165) is 27.8 Å². The van der Waals surface area contributed by atoms with E-state index < -0.39 is 0 Å². The summed E-state index contributed by atoms with van der Waals surface area (Å²) in [5.74, 6) is 0.396. The number of aromatic amines is 1. The van der Waals surface area contributed by atoms with E-state index in [1.807, 2.05) is 30.5 Å². The molecule has 0 unspecified atom stereocenters. The lowest BCUT2D eigenvalue weighted by Crippen LogP contribution is -1.97. The highest BCUT2D eigenvalue weighted by Gasteiger charge is 2.12. The van der Waals surface area contributed by atoms with Gasteiger partial charge in [-0.05, 0) is 30.3 Å². The van der Waals surface area contributed by atoms with Crippen molar-refractivity contribution in [3.63, 3.8) is 0 Å². The minimum absolute atomic E-state index is 0.396. The summed E-state index contributed by atoms with van der Waals surface area (Å²) in [6.45, 7) is 0. The molecule has 0 amide bonds. The van der Waals surface area contributed by atoms with Crippen LogP contribution in [0.2, 0.25) is 0 Å². The molecule has 0 aliphatic heterocycles. The third-order valence-corrected chi connectivity index (χ3v) is 3.30. The van der Waals surface area contributed by atoms with Crippen molar-refractivity contribution in [2.24, 2.45) is 0 Å². The molecule has 0 saturated carbocycles. The Balaban J connectivity index is 1.95. The second-order valence-electron chi connectivity index (χ2n) is 4.58. The van der Waals surface area contributed by atoms with Gasteiger partial charge in [-0.15, -0.1) is 10.2 Å². The van der Waals surface area contributed by atoms with Crippen molar-refractivity contribution < 1.29 is 0 Å². The smallest absolute Gasteiger partial charge is 0.146 e. The first kappa shape index (κ1) is 11.6. The van der Waals surface area contributed by atoms with Gasteiger partial charge in [-0.25, -0.2) is 4.68 Å². The Morgan fingerprint density at radius 2 is 2.05 bits per heavy atom. The van der Waals surface area contributed by atoms with Gasteiger partial charge in [0.25, 0.3) is 0 Å². The van der Waals surface area contributed by atoms with Gasteiger partial charge in [0.15, 0.2) is 0 Å². The summed E-state index contributed by atoms with van der Waals surface area (Å²) >= 11 is 0. The lowest BCUT2D eigenvalue weighted by molar-refractivity contribution is 0.888. The summed E-state index contributed by atoms with van der Waals surface area (Å²) in [7, 11) is 0. The van der Waals surface area contributed by atoms with Crippen molar-refractivity contribution >= 4 is 16.7 Å². The van der Waals surface area contributed by atoms with Gasteiger partial charge < -0.3 is 5.73 Å². The molecule has 1 aromatic carbocycles. The van der Waals surface area contributed by atoms with Crippen molar-refractivity contribution in [2.75, 3.05) is 5.73 Å². The zero-order valence-electron chi connectivity index (χ0n) is 10.9. The molecule has 0 aliphatic carbocycles. The van der Waals surface area contributed by atoms with Gasteiger partial charge in [-0.2, -0.15) is 10.2 Å². The van der Waals surface area contributed by atoms with Gasteiger partial charge >= 0.3 is 0 Å². The number of nitrogen functional groups attached to an aromatic ring is 1. The number of H-pyrrole nitrogens is 1. The summed E-state index contributed by atoms with van der Waals surface area (Å²) in [5, 5.41) is 20.4. The molecule has 0 bridgehead atoms. The maximum Gasteiger partial charge on any atom is 0.146 e. The van der Waals surface area contributed by atoms with Crippen LogP contribution in [0.5, 0.6) is 0 Å². The topological polar surface area (TPSA) is 98.3 Å². The Hall–Kier alpha value is -3.22. The Morgan fingerprint density at radius 1 is 1.10 bits per heavy atom. The van der Waals surface area contributed by atoms with Crippen LogP contribution in [-0.2, 0) is 0 Å². The number of benzene rings is 1. The second-order valence-corrected chi connectivity index (χ2v) is 4.58. The molecule has 0 saturated heterocycles. The lowest BCUT2D eigenvalue weighted by atomic mass is 10.1. The van der Waals surface area contributed by atoms with E-state index in [0.29, 0.717) is 5.82 Å². The number of nitrogens with zero attached hydrogens (tertiary/aromatic N) is 5. The zero-order valence-corrected chi connectivity index (χ0v) is 10.9. The largest absolute Gasteiger partial charge is 0.382 e. The van der Waals surface area contributed by atoms with Gasteiger partial charge in [-0.1, -0.05) is 0 Å². The molecule has 0 radical (unpaired) electrons. The number of nitrogens with one attached hydrogen (secondary N) is 1. The standard InChI is InChI=1S/C14H11N7/c15-13-5-3-11(18-19-13)9-2-4-12(21-7-1-6-17-21)10-8-16-20-14(9)10/h1-8H,(H2,15,19)(H,16,20). The fourth-order valence-electron chi connectivity index (χ4n) is 2.33. The van der Waals surface area contributed by atoms with Crippen molar-refractivity contribution in [3.05, 3.63) is 48.9 Å². The van der Waals surface area contributed by atoms with Crippen molar-refractivity contribution in [3.8, 4) is 16.9 Å². The third-order valence-electron chi connectivity index (χ3n) is 3.30. The van der Waals surface area contributed by atoms with Gasteiger partial charge in [0.05, 0.1) is 23.1 Å². The molecule has 3 aromatic heterocycles. The van der Waals surface area contributed by atoms with E-state index in [-0.39, 0.29) is 0 Å². The summed E-state index contributed by atoms with van der Waals surface area (Å²) in [4.78, 5) is 0. The lowest BCUT2D eigenvalue weighted by Gasteiger charge is -2.07. The Labute approximate surface area is 119 Å². The molecule has 0 aliphatic rings. The molecular formula is C14H11N7. The zero-order chi connectivity index (χ0) is 14.2. The van der Waals surface area contributed by atoms with Crippen LogP contribution < -0.4 is 5.73 Å². The van der Waals surface area contributed by atoms with Gasteiger partial charge in [0.2, 0.25) is 0 Å². The van der Waals surface area contributed by atoms with Crippen LogP contribution in [-0.4, -0.2) is 30.2 Å². The average Bonchev–Trinajstić information content (AvgIpc) is 3.19. The number of aromatic nitrogens is 6. The van der Waals surface area contributed by atoms with Crippen molar-refractivity contribution in [2.45, 2.75) is 0 Å². The summed E-state index contributed by atoms with van der Waals surface area (Å²) in [6.07, 6.45) is 5.41.